The van der Waals surface area contributed by atoms with E-state index in [1.807, 2.05) is 52.1 Å². The number of rotatable bonds is 6. The fraction of sp³-hybridized carbons (Fsp3) is 0.300. The zero-order valence-corrected chi connectivity index (χ0v) is 21.7. The molecule has 1 fully saturated rings. The summed E-state index contributed by atoms with van der Waals surface area (Å²) in [5.74, 6) is 0.537. The minimum absolute atomic E-state index is 0.0867. The van der Waals surface area contributed by atoms with Crippen LogP contribution in [-0.2, 0) is 9.59 Å². The second-order valence-corrected chi connectivity index (χ2v) is 9.55. The average molecular weight is 496 g/mol. The fourth-order valence-electron chi connectivity index (χ4n) is 5.00. The summed E-state index contributed by atoms with van der Waals surface area (Å²) in [4.78, 5) is 31.1. The summed E-state index contributed by atoms with van der Waals surface area (Å²) in [5, 5.41) is 6.75. The first-order chi connectivity index (χ1) is 18.0. The van der Waals surface area contributed by atoms with E-state index in [2.05, 4.69) is 60.4 Å². The van der Waals surface area contributed by atoms with Crippen LogP contribution >= 0.6 is 0 Å². The normalized spacial score (nSPS) is 17.7. The number of carbonyl (C=O) groups is 2. The van der Waals surface area contributed by atoms with Crippen molar-refractivity contribution in [1.29, 1.82) is 0 Å². The van der Waals surface area contributed by atoms with E-state index < -0.39 is 0 Å². The number of Topliss-reactive ketones (excluding diaryl/α,β-unsaturated/α-hetero) is 1. The molecule has 1 atom stereocenters. The fourth-order valence-corrected chi connectivity index (χ4v) is 5.00. The molecule has 2 aliphatic rings. The van der Waals surface area contributed by atoms with Crippen LogP contribution in [0.4, 0.5) is 17.1 Å². The van der Waals surface area contributed by atoms with Crippen LogP contribution in [0.1, 0.15) is 37.6 Å². The molecule has 0 aliphatic carbocycles. The molecule has 1 unspecified atom stereocenters. The largest absolute Gasteiger partial charge is 0.368 e. The Morgan fingerprint density at radius 2 is 1.43 bits per heavy atom. The SMILES string of the molecule is CCC(=O)N1CCN(c2ccc(N3C(C(C)=O)=NN(c4ccccc4)C3c3ccc(C)cc3)cc2)CC1. The molecule has 3 aromatic carbocycles. The highest BCUT2D eigenvalue weighted by molar-refractivity contribution is 6.44. The number of para-hydroxylation sites is 1. The Morgan fingerprint density at radius 1 is 0.811 bits per heavy atom. The number of hydrogen-bond acceptors (Lipinski definition) is 6. The molecule has 3 aromatic rings. The topological polar surface area (TPSA) is 59.5 Å². The first-order valence-electron chi connectivity index (χ1n) is 12.9. The molecule has 37 heavy (non-hydrogen) atoms. The number of anilines is 3. The quantitative estimate of drug-likeness (QED) is 0.483. The third-order valence-corrected chi connectivity index (χ3v) is 7.05. The average Bonchev–Trinajstić information content (AvgIpc) is 3.35. The van der Waals surface area contributed by atoms with Crippen LogP contribution in [-0.4, -0.2) is 48.6 Å². The lowest BCUT2D eigenvalue weighted by atomic mass is 10.1. The number of hydrazone groups is 1. The van der Waals surface area contributed by atoms with Gasteiger partial charge in [-0.3, -0.25) is 14.5 Å². The summed E-state index contributed by atoms with van der Waals surface area (Å²) in [6, 6.07) is 26.7. The van der Waals surface area contributed by atoms with Crippen molar-refractivity contribution in [2.24, 2.45) is 5.10 Å². The molecule has 0 N–H and O–H groups in total. The summed E-state index contributed by atoms with van der Waals surface area (Å²) in [6.45, 7) is 8.64. The summed E-state index contributed by atoms with van der Waals surface area (Å²) in [5.41, 5.74) is 5.17. The van der Waals surface area contributed by atoms with E-state index >= 15 is 0 Å². The molecule has 2 aliphatic heterocycles. The van der Waals surface area contributed by atoms with Crippen LogP contribution < -0.4 is 14.8 Å². The van der Waals surface area contributed by atoms with Crippen molar-refractivity contribution in [3.8, 4) is 0 Å². The Labute approximate surface area is 218 Å². The second-order valence-electron chi connectivity index (χ2n) is 9.55. The van der Waals surface area contributed by atoms with Crippen LogP contribution in [0.15, 0.2) is 84.0 Å². The van der Waals surface area contributed by atoms with Gasteiger partial charge in [0.15, 0.2) is 17.8 Å². The zero-order chi connectivity index (χ0) is 25.9. The Bertz CT molecular complexity index is 1280. The van der Waals surface area contributed by atoms with E-state index in [-0.39, 0.29) is 17.9 Å². The molecule has 0 radical (unpaired) electrons. The van der Waals surface area contributed by atoms with Crippen molar-refractivity contribution in [3.63, 3.8) is 0 Å². The van der Waals surface area contributed by atoms with Gasteiger partial charge in [-0.2, -0.15) is 0 Å². The molecule has 0 spiro atoms. The third kappa shape index (κ3) is 4.94. The highest BCUT2D eigenvalue weighted by atomic mass is 16.2. The number of amidine groups is 1. The van der Waals surface area contributed by atoms with E-state index in [1.54, 1.807) is 6.92 Å². The van der Waals surface area contributed by atoms with Gasteiger partial charge in [0.2, 0.25) is 5.91 Å². The van der Waals surface area contributed by atoms with Gasteiger partial charge in [-0.1, -0.05) is 55.0 Å². The van der Waals surface area contributed by atoms with Gasteiger partial charge in [-0.25, -0.2) is 5.01 Å². The Morgan fingerprint density at radius 3 is 2.03 bits per heavy atom. The lowest BCUT2D eigenvalue weighted by molar-refractivity contribution is -0.131. The maximum absolute atomic E-state index is 12.8. The van der Waals surface area contributed by atoms with Crippen molar-refractivity contribution in [2.75, 3.05) is 41.0 Å². The van der Waals surface area contributed by atoms with Crippen molar-refractivity contribution in [1.82, 2.24) is 4.90 Å². The zero-order valence-electron chi connectivity index (χ0n) is 21.7. The van der Waals surface area contributed by atoms with Gasteiger partial charge >= 0.3 is 0 Å². The third-order valence-electron chi connectivity index (χ3n) is 7.05. The van der Waals surface area contributed by atoms with Crippen molar-refractivity contribution in [2.45, 2.75) is 33.4 Å². The molecule has 2 heterocycles. The molecule has 0 saturated carbocycles. The lowest BCUT2D eigenvalue weighted by Crippen LogP contribution is -2.48. The maximum Gasteiger partial charge on any atom is 0.222 e. The molecular weight excluding hydrogens is 462 g/mol. The van der Waals surface area contributed by atoms with Gasteiger partial charge < -0.3 is 9.80 Å². The molecule has 1 saturated heterocycles. The molecule has 1 amide bonds. The van der Waals surface area contributed by atoms with E-state index in [1.165, 1.54) is 5.56 Å². The minimum atomic E-state index is -0.295. The van der Waals surface area contributed by atoms with Gasteiger partial charge in [0.05, 0.1) is 5.69 Å². The highest BCUT2D eigenvalue weighted by Crippen LogP contribution is 2.39. The van der Waals surface area contributed by atoms with Crippen LogP contribution in [0, 0.1) is 6.92 Å². The maximum atomic E-state index is 12.8. The number of amides is 1. The van der Waals surface area contributed by atoms with E-state index in [9.17, 15) is 9.59 Å². The summed E-state index contributed by atoms with van der Waals surface area (Å²) in [7, 11) is 0. The van der Waals surface area contributed by atoms with E-state index in [4.69, 9.17) is 5.10 Å². The summed E-state index contributed by atoms with van der Waals surface area (Å²) < 4.78 is 0. The number of ketones is 1. The lowest BCUT2D eigenvalue weighted by Gasteiger charge is -2.36. The first kappa shape index (κ1) is 24.6. The van der Waals surface area contributed by atoms with Crippen LogP contribution in [0.3, 0.4) is 0 Å². The molecular formula is C30H33N5O2. The van der Waals surface area contributed by atoms with Crippen molar-refractivity contribution < 1.29 is 9.59 Å². The van der Waals surface area contributed by atoms with Crippen LogP contribution in [0.2, 0.25) is 0 Å². The number of aryl methyl sites for hydroxylation is 1. The van der Waals surface area contributed by atoms with E-state index in [0.29, 0.717) is 12.3 Å². The summed E-state index contributed by atoms with van der Waals surface area (Å²) >= 11 is 0. The number of benzene rings is 3. The van der Waals surface area contributed by atoms with Gasteiger partial charge in [0.1, 0.15) is 0 Å². The van der Waals surface area contributed by atoms with Crippen LogP contribution in [0.5, 0.6) is 0 Å². The smallest absolute Gasteiger partial charge is 0.222 e. The van der Waals surface area contributed by atoms with Crippen LogP contribution in [0.25, 0.3) is 0 Å². The van der Waals surface area contributed by atoms with E-state index in [0.717, 1.165) is 48.8 Å². The number of piperazine rings is 1. The first-order valence-corrected chi connectivity index (χ1v) is 12.9. The molecule has 5 rings (SSSR count). The second kappa shape index (κ2) is 10.5. The predicted molar refractivity (Wildman–Crippen MR) is 149 cm³/mol. The minimum Gasteiger partial charge on any atom is -0.368 e. The van der Waals surface area contributed by atoms with Crippen molar-refractivity contribution >= 4 is 34.6 Å². The summed E-state index contributed by atoms with van der Waals surface area (Å²) in [6.07, 6.45) is 0.253. The Balaban J connectivity index is 1.47. The number of hydrogen-bond donors (Lipinski definition) is 0. The Kier molecular flexibility index (Phi) is 6.95. The van der Waals surface area contributed by atoms with Gasteiger partial charge in [0, 0.05) is 50.9 Å². The molecule has 7 heteroatoms. The highest BCUT2D eigenvalue weighted by Gasteiger charge is 2.39. The molecule has 7 nitrogen and oxygen atoms in total. The molecule has 0 aromatic heterocycles. The van der Waals surface area contributed by atoms with Gasteiger partial charge in [0.25, 0.3) is 0 Å². The Hall–Kier alpha value is -4.13. The molecule has 0 bridgehead atoms. The van der Waals surface area contributed by atoms with Gasteiger partial charge in [-0.15, -0.1) is 5.10 Å². The predicted octanol–water partition coefficient (Wildman–Crippen LogP) is 4.98. The number of carbonyl (C=O) groups excluding carboxylic acids is 2. The number of nitrogens with zero attached hydrogens (tertiary/aromatic N) is 5. The standard InChI is InChI=1S/C30H33N5O2/c1-4-28(37)33-20-18-32(19-21-33)25-14-16-26(17-15-25)34-29(23(3)36)31-35(27-8-6-5-7-9-27)30(34)24-12-10-22(2)11-13-24/h5-17,30H,4,18-21H2,1-3H3. The molecule has 190 valence electrons. The monoisotopic (exact) mass is 495 g/mol. The van der Waals surface area contributed by atoms with Crippen molar-refractivity contribution in [3.05, 3.63) is 90.0 Å². The van der Waals surface area contributed by atoms with Gasteiger partial charge in [-0.05, 0) is 48.9 Å².